The maximum atomic E-state index is 5.78. The van der Waals surface area contributed by atoms with E-state index >= 15 is 0 Å². The molecule has 3 rings (SSSR count). The smallest absolute Gasteiger partial charge is 0.0743 e. The molecule has 1 unspecified atom stereocenters. The number of fused-ring (bicyclic) bond motifs is 1. The summed E-state index contributed by atoms with van der Waals surface area (Å²) in [5, 5.41) is 11.3. The largest absolute Gasteiger partial charge is 0.399 e. The molecule has 0 saturated heterocycles. The Balaban J connectivity index is 1.97. The van der Waals surface area contributed by atoms with Crippen molar-refractivity contribution < 1.29 is 0 Å². The fourth-order valence-corrected chi connectivity index (χ4v) is 2.11. The summed E-state index contributed by atoms with van der Waals surface area (Å²) in [6.07, 6.45) is 5.49. The lowest BCUT2D eigenvalue weighted by Gasteiger charge is -2.15. The Kier molecular flexibility index (Phi) is 2.79. The second-order valence-electron chi connectivity index (χ2n) is 4.53. The number of aromatic amines is 1. The SMILES string of the molecule is CC(Nc1ccnc2cc(N)ccc12)c1cn[nH]c1. The molecule has 0 aliphatic heterocycles. The monoisotopic (exact) mass is 253 g/mol. The molecule has 0 aliphatic carbocycles. The first-order valence-electron chi connectivity index (χ1n) is 6.13. The van der Waals surface area contributed by atoms with Gasteiger partial charge < -0.3 is 11.1 Å². The number of hydrogen-bond donors (Lipinski definition) is 3. The zero-order chi connectivity index (χ0) is 13.2. The van der Waals surface area contributed by atoms with Crippen LogP contribution in [0.25, 0.3) is 10.9 Å². The molecule has 1 atom stereocenters. The number of nitrogens with two attached hydrogens (primary N) is 1. The highest BCUT2D eigenvalue weighted by atomic mass is 15.1. The van der Waals surface area contributed by atoms with Gasteiger partial charge in [-0.15, -0.1) is 0 Å². The normalized spacial score (nSPS) is 12.5. The van der Waals surface area contributed by atoms with Crippen LogP contribution in [0.15, 0.2) is 42.9 Å². The highest BCUT2D eigenvalue weighted by Crippen LogP contribution is 2.26. The van der Waals surface area contributed by atoms with Crippen molar-refractivity contribution in [2.75, 3.05) is 11.1 Å². The maximum absolute atomic E-state index is 5.78. The Labute approximate surface area is 110 Å². The fourth-order valence-electron chi connectivity index (χ4n) is 2.11. The van der Waals surface area contributed by atoms with E-state index < -0.39 is 0 Å². The standard InChI is InChI=1S/C14H15N5/c1-9(10-7-17-18-8-10)19-13-4-5-16-14-6-11(15)2-3-12(13)14/h2-9H,15H2,1H3,(H,16,19)(H,17,18). The number of pyridine rings is 1. The predicted molar refractivity (Wildman–Crippen MR) is 76.8 cm³/mol. The summed E-state index contributed by atoms with van der Waals surface area (Å²) in [4.78, 5) is 4.33. The number of nitrogen functional groups attached to an aromatic ring is 1. The van der Waals surface area contributed by atoms with Gasteiger partial charge in [0.1, 0.15) is 0 Å². The molecule has 0 amide bonds. The van der Waals surface area contributed by atoms with Crippen LogP contribution < -0.4 is 11.1 Å². The number of anilines is 2. The number of nitrogens with one attached hydrogen (secondary N) is 2. The van der Waals surface area contributed by atoms with Crippen LogP contribution in [0.5, 0.6) is 0 Å². The lowest BCUT2D eigenvalue weighted by Crippen LogP contribution is -2.06. The van der Waals surface area contributed by atoms with Gasteiger partial charge in [-0.2, -0.15) is 5.10 Å². The molecular weight excluding hydrogens is 238 g/mol. The first-order chi connectivity index (χ1) is 9.24. The van der Waals surface area contributed by atoms with E-state index in [4.69, 9.17) is 5.73 Å². The Hall–Kier alpha value is -2.56. The van der Waals surface area contributed by atoms with Crippen LogP contribution >= 0.6 is 0 Å². The molecule has 3 aromatic rings. The zero-order valence-corrected chi connectivity index (χ0v) is 10.6. The van der Waals surface area contributed by atoms with Gasteiger partial charge >= 0.3 is 0 Å². The van der Waals surface area contributed by atoms with E-state index in [1.54, 1.807) is 6.20 Å². The van der Waals surface area contributed by atoms with Crippen molar-refractivity contribution in [3.63, 3.8) is 0 Å². The summed E-state index contributed by atoms with van der Waals surface area (Å²) in [5.41, 5.74) is 9.55. The van der Waals surface area contributed by atoms with Crippen molar-refractivity contribution in [2.24, 2.45) is 0 Å². The molecule has 5 nitrogen and oxygen atoms in total. The van der Waals surface area contributed by atoms with Gasteiger partial charge in [0.05, 0.1) is 17.8 Å². The molecule has 2 heterocycles. The van der Waals surface area contributed by atoms with Crippen molar-refractivity contribution in [3.05, 3.63) is 48.4 Å². The number of hydrogen-bond acceptors (Lipinski definition) is 4. The average Bonchev–Trinajstić information content (AvgIpc) is 2.92. The van der Waals surface area contributed by atoms with Gasteiger partial charge in [-0.25, -0.2) is 0 Å². The fraction of sp³-hybridized carbons (Fsp3) is 0.143. The van der Waals surface area contributed by atoms with Crippen LogP contribution in [0.2, 0.25) is 0 Å². The second-order valence-corrected chi connectivity index (χ2v) is 4.53. The third-order valence-corrected chi connectivity index (χ3v) is 3.16. The quantitative estimate of drug-likeness (QED) is 0.627. The van der Waals surface area contributed by atoms with Crippen LogP contribution in [0.4, 0.5) is 11.4 Å². The topological polar surface area (TPSA) is 79.6 Å². The predicted octanol–water partition coefficient (Wildman–Crippen LogP) is 2.71. The number of nitrogens with zero attached hydrogens (tertiary/aromatic N) is 2. The van der Waals surface area contributed by atoms with Gasteiger partial charge in [0, 0.05) is 34.7 Å². The Morgan fingerprint density at radius 3 is 3.00 bits per heavy atom. The zero-order valence-electron chi connectivity index (χ0n) is 10.6. The first kappa shape index (κ1) is 11.5. The Morgan fingerprint density at radius 1 is 1.32 bits per heavy atom. The molecule has 4 N–H and O–H groups in total. The number of aromatic nitrogens is 3. The molecule has 0 aliphatic rings. The van der Waals surface area contributed by atoms with E-state index in [1.807, 2.05) is 36.7 Å². The van der Waals surface area contributed by atoms with E-state index in [-0.39, 0.29) is 6.04 Å². The first-order valence-corrected chi connectivity index (χ1v) is 6.13. The molecular formula is C14H15N5. The lowest BCUT2D eigenvalue weighted by atomic mass is 10.1. The molecule has 0 spiro atoms. The third-order valence-electron chi connectivity index (χ3n) is 3.16. The molecule has 0 fully saturated rings. The molecule has 5 heteroatoms. The second kappa shape index (κ2) is 4.61. The van der Waals surface area contributed by atoms with E-state index in [0.29, 0.717) is 0 Å². The van der Waals surface area contributed by atoms with Gasteiger partial charge in [0.2, 0.25) is 0 Å². The van der Waals surface area contributed by atoms with Crippen LogP contribution in [-0.4, -0.2) is 15.2 Å². The highest BCUT2D eigenvalue weighted by molar-refractivity contribution is 5.92. The van der Waals surface area contributed by atoms with Gasteiger partial charge in [-0.05, 0) is 31.2 Å². The summed E-state index contributed by atoms with van der Waals surface area (Å²) in [5.74, 6) is 0. The van der Waals surface area contributed by atoms with E-state index in [2.05, 4.69) is 27.4 Å². The summed E-state index contributed by atoms with van der Waals surface area (Å²) in [7, 11) is 0. The number of benzene rings is 1. The summed E-state index contributed by atoms with van der Waals surface area (Å²) < 4.78 is 0. The summed E-state index contributed by atoms with van der Waals surface area (Å²) >= 11 is 0. The third kappa shape index (κ3) is 2.22. The van der Waals surface area contributed by atoms with E-state index in [1.165, 1.54) is 0 Å². The molecule has 1 aromatic carbocycles. The van der Waals surface area contributed by atoms with Gasteiger partial charge in [-0.1, -0.05) is 0 Å². The van der Waals surface area contributed by atoms with Crippen LogP contribution in [-0.2, 0) is 0 Å². The Bertz CT molecular complexity index is 690. The number of rotatable bonds is 3. The van der Waals surface area contributed by atoms with Gasteiger partial charge in [0.25, 0.3) is 0 Å². The number of H-pyrrole nitrogens is 1. The maximum Gasteiger partial charge on any atom is 0.0743 e. The van der Waals surface area contributed by atoms with E-state index in [0.717, 1.165) is 27.8 Å². The van der Waals surface area contributed by atoms with Crippen LogP contribution in [0, 0.1) is 0 Å². The minimum Gasteiger partial charge on any atom is -0.399 e. The van der Waals surface area contributed by atoms with Gasteiger partial charge in [-0.3, -0.25) is 10.1 Å². The summed E-state index contributed by atoms with van der Waals surface area (Å²) in [6.45, 7) is 2.09. The van der Waals surface area contributed by atoms with Crippen molar-refractivity contribution in [2.45, 2.75) is 13.0 Å². The van der Waals surface area contributed by atoms with E-state index in [9.17, 15) is 0 Å². The molecule has 0 bridgehead atoms. The minimum absolute atomic E-state index is 0.168. The van der Waals surface area contributed by atoms with Crippen molar-refractivity contribution >= 4 is 22.3 Å². The Morgan fingerprint density at radius 2 is 2.21 bits per heavy atom. The van der Waals surface area contributed by atoms with Crippen molar-refractivity contribution in [3.8, 4) is 0 Å². The molecule has 2 aromatic heterocycles. The van der Waals surface area contributed by atoms with Crippen molar-refractivity contribution in [1.29, 1.82) is 0 Å². The highest BCUT2D eigenvalue weighted by Gasteiger charge is 2.08. The molecule has 19 heavy (non-hydrogen) atoms. The molecule has 96 valence electrons. The molecule has 0 radical (unpaired) electrons. The van der Waals surface area contributed by atoms with Crippen molar-refractivity contribution in [1.82, 2.24) is 15.2 Å². The van der Waals surface area contributed by atoms with Gasteiger partial charge in [0.15, 0.2) is 0 Å². The van der Waals surface area contributed by atoms with Crippen LogP contribution in [0.1, 0.15) is 18.5 Å². The lowest BCUT2D eigenvalue weighted by molar-refractivity contribution is 0.887. The average molecular weight is 253 g/mol. The minimum atomic E-state index is 0.168. The molecule has 0 saturated carbocycles. The van der Waals surface area contributed by atoms with Crippen LogP contribution in [0.3, 0.4) is 0 Å². The summed E-state index contributed by atoms with van der Waals surface area (Å²) in [6, 6.07) is 7.89.